The van der Waals surface area contributed by atoms with Crippen LogP contribution in [0.2, 0.25) is 0 Å². The van der Waals surface area contributed by atoms with Crippen LogP contribution < -0.4 is 10.6 Å². The number of nitrogens with one attached hydrogen (secondary N) is 2. The minimum Gasteiger partial charge on any atom is -0.316 e. The number of hydrogen-bond donors (Lipinski definition) is 2. The topological polar surface area (TPSA) is 58.2 Å². The molecule has 0 saturated carbocycles. The zero-order valence-electron chi connectivity index (χ0n) is 9.69. The molecule has 0 unspecified atom stereocenters. The lowest BCUT2D eigenvalue weighted by Crippen LogP contribution is -2.32. The average molecular weight is 426 g/mol. The zero-order valence-corrected chi connectivity index (χ0v) is 11.9. The van der Waals surface area contributed by atoms with Gasteiger partial charge in [0.1, 0.15) is 0 Å². The van der Waals surface area contributed by atoms with Crippen LogP contribution in [-0.4, -0.2) is 24.2 Å². The average Bonchev–Trinajstić information content (AvgIpc) is 2.30. The van der Waals surface area contributed by atoms with E-state index in [4.69, 9.17) is 0 Å². The van der Waals surface area contributed by atoms with Crippen LogP contribution in [0.1, 0.15) is 0 Å². The van der Waals surface area contributed by atoms with Gasteiger partial charge in [-0.3, -0.25) is 9.59 Å². The molecular formula is C10H5F6IN2O2. The third-order valence-electron chi connectivity index (χ3n) is 2.02. The number of hydrogen-bond acceptors (Lipinski definition) is 2. The highest BCUT2D eigenvalue weighted by atomic mass is 127. The number of anilines is 2. The van der Waals surface area contributed by atoms with Crippen LogP contribution in [0.5, 0.6) is 0 Å². The highest BCUT2D eigenvalue weighted by Gasteiger charge is 2.41. The lowest BCUT2D eigenvalue weighted by atomic mass is 10.2. The molecule has 4 nitrogen and oxygen atoms in total. The molecule has 0 atom stereocenters. The van der Waals surface area contributed by atoms with Gasteiger partial charge in [-0.05, 0) is 34.7 Å². The number of alkyl halides is 6. The Morgan fingerprint density at radius 2 is 1.38 bits per heavy atom. The first-order valence-electron chi connectivity index (χ1n) is 4.98. The third kappa shape index (κ3) is 4.75. The Kier molecular flexibility index (Phi) is 5.07. The van der Waals surface area contributed by atoms with E-state index >= 15 is 0 Å². The fourth-order valence-corrected chi connectivity index (χ4v) is 1.77. The van der Waals surface area contributed by atoms with Crippen LogP contribution in [0.3, 0.4) is 0 Å². The molecule has 11 heteroatoms. The largest absolute Gasteiger partial charge is 0.471 e. The summed E-state index contributed by atoms with van der Waals surface area (Å²) in [6, 6.07) is 3.38. The van der Waals surface area contributed by atoms with Crippen molar-refractivity contribution >= 4 is 45.8 Å². The van der Waals surface area contributed by atoms with Crippen molar-refractivity contribution < 1.29 is 35.9 Å². The molecule has 0 bridgehead atoms. The number of amides is 2. The molecule has 0 spiro atoms. The van der Waals surface area contributed by atoms with E-state index in [1.54, 1.807) is 0 Å². The molecule has 0 saturated heterocycles. The van der Waals surface area contributed by atoms with Crippen molar-refractivity contribution in [2.75, 3.05) is 10.6 Å². The quantitative estimate of drug-likeness (QED) is 0.564. The molecule has 0 aliphatic carbocycles. The number of carbonyl (C=O) groups excluding carboxylic acids is 2. The van der Waals surface area contributed by atoms with Crippen molar-refractivity contribution in [3.63, 3.8) is 0 Å². The van der Waals surface area contributed by atoms with Crippen molar-refractivity contribution in [1.29, 1.82) is 0 Å². The van der Waals surface area contributed by atoms with Crippen LogP contribution in [0.4, 0.5) is 37.7 Å². The number of para-hydroxylation sites is 1. The monoisotopic (exact) mass is 426 g/mol. The van der Waals surface area contributed by atoms with Gasteiger partial charge in [0.05, 0.1) is 11.4 Å². The van der Waals surface area contributed by atoms with Gasteiger partial charge in [0.2, 0.25) is 0 Å². The second-order valence-corrected chi connectivity index (χ2v) is 4.73. The second-order valence-electron chi connectivity index (χ2n) is 3.57. The maximum atomic E-state index is 12.2. The summed E-state index contributed by atoms with van der Waals surface area (Å²) in [5.41, 5.74) is -1.17. The summed E-state index contributed by atoms with van der Waals surface area (Å²) in [6.07, 6.45) is -10.4. The summed E-state index contributed by atoms with van der Waals surface area (Å²) in [4.78, 5) is 21.7. The van der Waals surface area contributed by atoms with Crippen LogP contribution >= 0.6 is 22.6 Å². The molecular weight excluding hydrogens is 421 g/mol. The Balaban J connectivity index is 3.10. The Morgan fingerprint density at radius 3 is 1.86 bits per heavy atom. The van der Waals surface area contributed by atoms with Crippen LogP contribution in [0, 0.1) is 3.57 Å². The zero-order chi connectivity index (χ0) is 16.4. The van der Waals surface area contributed by atoms with E-state index in [0.717, 1.165) is 6.07 Å². The van der Waals surface area contributed by atoms with E-state index in [2.05, 4.69) is 0 Å². The molecule has 0 heterocycles. The lowest BCUT2D eigenvalue weighted by Gasteiger charge is -2.15. The van der Waals surface area contributed by atoms with E-state index in [9.17, 15) is 35.9 Å². The maximum absolute atomic E-state index is 12.2. The normalized spacial score (nSPS) is 12.0. The predicted molar refractivity (Wildman–Crippen MR) is 68.5 cm³/mol. The van der Waals surface area contributed by atoms with Gasteiger partial charge in [0.15, 0.2) is 0 Å². The van der Waals surface area contributed by atoms with Crippen molar-refractivity contribution in [1.82, 2.24) is 0 Å². The maximum Gasteiger partial charge on any atom is 0.471 e. The van der Waals surface area contributed by atoms with Gasteiger partial charge in [0, 0.05) is 3.57 Å². The molecule has 2 N–H and O–H groups in total. The summed E-state index contributed by atoms with van der Waals surface area (Å²) in [6.45, 7) is 0. The molecule has 116 valence electrons. The van der Waals surface area contributed by atoms with Gasteiger partial charge in [0.25, 0.3) is 0 Å². The Bertz CT molecular complexity index is 570. The van der Waals surface area contributed by atoms with Crippen LogP contribution in [0.25, 0.3) is 0 Å². The third-order valence-corrected chi connectivity index (χ3v) is 2.91. The first kappa shape index (κ1) is 17.5. The fourth-order valence-electron chi connectivity index (χ4n) is 1.13. The summed E-state index contributed by atoms with van der Waals surface area (Å²) in [5.74, 6) is -4.74. The molecule has 21 heavy (non-hydrogen) atoms. The summed E-state index contributed by atoms with van der Waals surface area (Å²) < 4.78 is 72.9. The van der Waals surface area contributed by atoms with E-state index in [1.165, 1.54) is 45.4 Å². The van der Waals surface area contributed by atoms with Gasteiger partial charge < -0.3 is 10.6 Å². The van der Waals surface area contributed by atoms with Gasteiger partial charge in [-0.1, -0.05) is 6.07 Å². The van der Waals surface area contributed by atoms with Crippen molar-refractivity contribution in [3.05, 3.63) is 21.8 Å². The Morgan fingerprint density at radius 1 is 0.905 bits per heavy atom. The molecule has 1 aromatic carbocycles. The van der Waals surface area contributed by atoms with E-state index in [0.29, 0.717) is 0 Å². The summed E-state index contributed by atoms with van der Waals surface area (Å²) in [7, 11) is 0. The molecule has 0 aliphatic heterocycles. The Labute approximate surface area is 127 Å². The molecule has 0 aliphatic rings. The van der Waals surface area contributed by atoms with Gasteiger partial charge in [-0.25, -0.2) is 0 Å². The molecule has 0 aromatic heterocycles. The van der Waals surface area contributed by atoms with E-state index < -0.39 is 35.5 Å². The van der Waals surface area contributed by atoms with Gasteiger partial charge in [-0.15, -0.1) is 0 Å². The number of halogens is 7. The fraction of sp³-hybridized carbons (Fsp3) is 0.200. The number of rotatable bonds is 2. The molecule has 0 fully saturated rings. The molecule has 1 aromatic rings. The minimum atomic E-state index is -5.22. The van der Waals surface area contributed by atoms with Crippen molar-refractivity contribution in [2.45, 2.75) is 12.4 Å². The highest BCUT2D eigenvalue weighted by Crippen LogP contribution is 2.30. The van der Waals surface area contributed by atoms with Crippen molar-refractivity contribution in [2.24, 2.45) is 0 Å². The highest BCUT2D eigenvalue weighted by molar-refractivity contribution is 14.1. The van der Waals surface area contributed by atoms with Gasteiger partial charge >= 0.3 is 24.2 Å². The van der Waals surface area contributed by atoms with Crippen molar-refractivity contribution in [3.8, 4) is 0 Å². The summed E-state index contributed by atoms with van der Waals surface area (Å²) in [5, 5.41) is 2.82. The predicted octanol–water partition coefficient (Wildman–Crippen LogP) is 3.29. The second kappa shape index (κ2) is 6.07. The first-order valence-corrected chi connectivity index (χ1v) is 6.05. The summed E-state index contributed by atoms with van der Waals surface area (Å²) >= 11 is 1.50. The minimum absolute atomic E-state index is 0.0187. The van der Waals surface area contributed by atoms with Crippen LogP contribution in [-0.2, 0) is 9.59 Å². The number of benzene rings is 1. The SMILES string of the molecule is O=C(Nc1cccc(I)c1NC(=O)C(F)(F)F)C(F)(F)F. The lowest BCUT2D eigenvalue weighted by molar-refractivity contribution is -0.167. The van der Waals surface area contributed by atoms with Gasteiger partial charge in [-0.2, -0.15) is 26.3 Å². The van der Waals surface area contributed by atoms with E-state index in [1.807, 2.05) is 0 Å². The Hall–Kier alpha value is -1.53. The number of carbonyl (C=O) groups is 2. The van der Waals surface area contributed by atoms with Crippen LogP contribution in [0.15, 0.2) is 18.2 Å². The molecule has 2 amide bonds. The molecule has 1 rings (SSSR count). The molecule has 0 radical (unpaired) electrons. The standard InChI is InChI=1S/C10H5F6IN2O2/c11-9(12,13)7(20)18-5-3-1-2-4(17)6(5)19-8(21)10(14,15)16/h1-3H,(H,18,20)(H,19,21). The van der Waals surface area contributed by atoms with E-state index in [-0.39, 0.29) is 3.57 Å². The first-order chi connectivity index (χ1) is 9.43. The smallest absolute Gasteiger partial charge is 0.316 e.